The second kappa shape index (κ2) is 11.6. The average Bonchev–Trinajstić information content (AvgIpc) is 2.41. The Balaban J connectivity index is 0.00000361. The molecule has 1 N–H and O–H groups in total. The van der Waals surface area contributed by atoms with Gasteiger partial charge in [-0.2, -0.15) is 0 Å². The molecule has 0 spiro atoms. The lowest BCUT2D eigenvalue weighted by Gasteiger charge is -2.10. The van der Waals surface area contributed by atoms with Crippen LogP contribution in [0.15, 0.2) is 30.3 Å². The van der Waals surface area contributed by atoms with Crippen LogP contribution >= 0.6 is 12.4 Å². The Morgan fingerprint density at radius 1 is 1.20 bits per heavy atom. The minimum Gasteiger partial charge on any atom is -0.450 e. The van der Waals surface area contributed by atoms with E-state index in [4.69, 9.17) is 4.74 Å². The van der Waals surface area contributed by atoms with Crippen LogP contribution in [0.4, 0.5) is 4.79 Å². The summed E-state index contributed by atoms with van der Waals surface area (Å²) in [5.74, 6) is 0. The molecule has 0 unspecified atom stereocenters. The molecule has 1 amide bonds. The smallest absolute Gasteiger partial charge is 0.407 e. The monoisotopic (exact) mass is 300 g/mol. The standard InChI is InChI=1S/C15H24N2O2.ClH/c1-17(2)12-7-11-16-15(18)19-13-6-10-14-8-4-3-5-9-14;/h3-5,8-9H,6-7,10-13H2,1-2H3,(H,16,18);1H. The molecular weight excluding hydrogens is 276 g/mol. The number of halogens is 1. The third kappa shape index (κ3) is 9.64. The molecule has 0 radical (unpaired) electrons. The van der Waals surface area contributed by atoms with Crippen molar-refractivity contribution in [3.05, 3.63) is 35.9 Å². The number of rotatable bonds is 8. The first-order valence-electron chi connectivity index (χ1n) is 6.78. The highest BCUT2D eigenvalue weighted by Crippen LogP contribution is 2.02. The lowest BCUT2D eigenvalue weighted by molar-refractivity contribution is 0.144. The van der Waals surface area contributed by atoms with Gasteiger partial charge in [-0.1, -0.05) is 30.3 Å². The van der Waals surface area contributed by atoms with Crippen molar-refractivity contribution in [3.8, 4) is 0 Å². The second-order valence-electron chi connectivity index (χ2n) is 4.81. The van der Waals surface area contributed by atoms with E-state index >= 15 is 0 Å². The van der Waals surface area contributed by atoms with Crippen LogP contribution in [0.2, 0.25) is 0 Å². The van der Waals surface area contributed by atoms with Crippen molar-refractivity contribution in [2.75, 3.05) is 33.8 Å². The zero-order valence-electron chi connectivity index (χ0n) is 12.3. The van der Waals surface area contributed by atoms with Gasteiger partial charge in [0.2, 0.25) is 0 Å². The van der Waals surface area contributed by atoms with Crippen LogP contribution in [0.1, 0.15) is 18.4 Å². The van der Waals surface area contributed by atoms with Crippen molar-refractivity contribution in [1.29, 1.82) is 0 Å². The van der Waals surface area contributed by atoms with Gasteiger partial charge in [0.15, 0.2) is 0 Å². The molecule has 0 atom stereocenters. The molecule has 1 aromatic rings. The van der Waals surface area contributed by atoms with Gasteiger partial charge in [0.25, 0.3) is 0 Å². The fraction of sp³-hybridized carbons (Fsp3) is 0.533. The lowest BCUT2D eigenvalue weighted by atomic mass is 10.1. The van der Waals surface area contributed by atoms with E-state index in [9.17, 15) is 4.79 Å². The molecule has 4 nitrogen and oxygen atoms in total. The minimum absolute atomic E-state index is 0. The van der Waals surface area contributed by atoms with E-state index in [1.165, 1.54) is 5.56 Å². The average molecular weight is 301 g/mol. The van der Waals surface area contributed by atoms with Crippen molar-refractivity contribution in [2.24, 2.45) is 0 Å². The molecule has 0 aromatic heterocycles. The maximum absolute atomic E-state index is 11.4. The number of amides is 1. The van der Waals surface area contributed by atoms with Gasteiger partial charge in [0.1, 0.15) is 0 Å². The maximum atomic E-state index is 11.4. The van der Waals surface area contributed by atoms with Crippen molar-refractivity contribution >= 4 is 18.5 Å². The molecule has 114 valence electrons. The summed E-state index contributed by atoms with van der Waals surface area (Å²) in [4.78, 5) is 13.4. The molecule has 1 rings (SSSR count). The number of aryl methyl sites for hydroxylation is 1. The molecule has 0 saturated heterocycles. The Morgan fingerprint density at radius 2 is 1.90 bits per heavy atom. The van der Waals surface area contributed by atoms with Gasteiger partial charge < -0.3 is 15.0 Å². The molecule has 0 aliphatic carbocycles. The first-order valence-corrected chi connectivity index (χ1v) is 6.78. The van der Waals surface area contributed by atoms with E-state index in [1.54, 1.807) is 0 Å². The van der Waals surface area contributed by atoms with Crippen LogP contribution in [-0.2, 0) is 11.2 Å². The predicted molar refractivity (Wildman–Crippen MR) is 84.5 cm³/mol. The van der Waals surface area contributed by atoms with Crippen LogP contribution in [0.25, 0.3) is 0 Å². The molecule has 20 heavy (non-hydrogen) atoms. The molecule has 1 aromatic carbocycles. The Labute approximate surface area is 127 Å². The summed E-state index contributed by atoms with van der Waals surface area (Å²) >= 11 is 0. The van der Waals surface area contributed by atoms with Crippen LogP contribution in [0.5, 0.6) is 0 Å². The Morgan fingerprint density at radius 3 is 2.55 bits per heavy atom. The van der Waals surface area contributed by atoms with E-state index < -0.39 is 0 Å². The fourth-order valence-corrected chi connectivity index (χ4v) is 1.72. The molecule has 0 aliphatic rings. The highest BCUT2D eigenvalue weighted by molar-refractivity contribution is 5.85. The van der Waals surface area contributed by atoms with Crippen LogP contribution < -0.4 is 5.32 Å². The van der Waals surface area contributed by atoms with Gasteiger partial charge in [-0.25, -0.2) is 4.79 Å². The van der Waals surface area contributed by atoms with E-state index in [0.29, 0.717) is 13.2 Å². The Hall–Kier alpha value is -1.26. The molecule has 0 aliphatic heterocycles. The molecule has 5 heteroatoms. The number of carbonyl (C=O) groups is 1. The normalized spacial score (nSPS) is 9.95. The zero-order chi connectivity index (χ0) is 13.9. The van der Waals surface area contributed by atoms with Gasteiger partial charge in [0.05, 0.1) is 6.61 Å². The van der Waals surface area contributed by atoms with Gasteiger partial charge in [-0.05, 0) is 45.5 Å². The highest BCUT2D eigenvalue weighted by Gasteiger charge is 2.01. The predicted octanol–water partition coefficient (Wildman–Crippen LogP) is 2.72. The van der Waals surface area contributed by atoms with Crippen LogP contribution in [0.3, 0.4) is 0 Å². The maximum Gasteiger partial charge on any atom is 0.407 e. The van der Waals surface area contributed by atoms with Crippen LogP contribution in [0, 0.1) is 0 Å². The SMILES string of the molecule is CN(C)CCCNC(=O)OCCCc1ccccc1.Cl. The molecular formula is C15H25ClN2O2. The molecule has 0 bridgehead atoms. The van der Waals surface area contributed by atoms with E-state index in [0.717, 1.165) is 25.8 Å². The van der Waals surface area contributed by atoms with Crippen molar-refractivity contribution < 1.29 is 9.53 Å². The number of nitrogens with zero attached hydrogens (tertiary/aromatic N) is 1. The summed E-state index contributed by atoms with van der Waals surface area (Å²) in [6, 6.07) is 10.2. The van der Waals surface area contributed by atoms with Gasteiger partial charge in [-0.15, -0.1) is 12.4 Å². The van der Waals surface area contributed by atoms with Crippen molar-refractivity contribution in [3.63, 3.8) is 0 Å². The Kier molecular flexibility index (Phi) is 10.8. The van der Waals surface area contributed by atoms with Crippen molar-refractivity contribution in [1.82, 2.24) is 10.2 Å². The van der Waals surface area contributed by atoms with Crippen molar-refractivity contribution in [2.45, 2.75) is 19.3 Å². The fourth-order valence-electron chi connectivity index (χ4n) is 1.72. The molecule has 0 saturated carbocycles. The van der Waals surface area contributed by atoms with Crippen LogP contribution in [-0.4, -0.2) is 44.8 Å². The number of nitrogens with one attached hydrogen (secondary N) is 1. The summed E-state index contributed by atoms with van der Waals surface area (Å²) in [6.07, 6.45) is 2.42. The van der Waals surface area contributed by atoms with Gasteiger partial charge in [-0.3, -0.25) is 0 Å². The van der Waals surface area contributed by atoms with Gasteiger partial charge >= 0.3 is 6.09 Å². The topological polar surface area (TPSA) is 41.6 Å². The lowest BCUT2D eigenvalue weighted by Crippen LogP contribution is -2.28. The summed E-state index contributed by atoms with van der Waals surface area (Å²) in [6.45, 7) is 2.10. The van der Waals surface area contributed by atoms with E-state index in [1.807, 2.05) is 32.3 Å². The quantitative estimate of drug-likeness (QED) is 0.751. The largest absolute Gasteiger partial charge is 0.450 e. The summed E-state index contributed by atoms with van der Waals surface area (Å²) in [5.41, 5.74) is 1.28. The zero-order valence-corrected chi connectivity index (χ0v) is 13.1. The summed E-state index contributed by atoms with van der Waals surface area (Å²) in [7, 11) is 4.03. The number of hydrogen-bond acceptors (Lipinski definition) is 3. The Bertz CT molecular complexity index is 358. The minimum atomic E-state index is -0.313. The second-order valence-corrected chi connectivity index (χ2v) is 4.81. The van der Waals surface area contributed by atoms with Gasteiger partial charge in [0, 0.05) is 6.54 Å². The molecule has 0 fully saturated rings. The third-order valence-electron chi connectivity index (χ3n) is 2.74. The van der Waals surface area contributed by atoms with E-state index in [-0.39, 0.29) is 18.5 Å². The first-order chi connectivity index (χ1) is 9.18. The summed E-state index contributed by atoms with van der Waals surface area (Å²) < 4.78 is 5.11. The molecule has 0 heterocycles. The summed E-state index contributed by atoms with van der Waals surface area (Å²) in [5, 5.41) is 2.75. The number of carbonyl (C=O) groups excluding carboxylic acids is 1. The third-order valence-corrected chi connectivity index (χ3v) is 2.74. The number of ether oxygens (including phenoxy) is 1. The number of hydrogen-bond donors (Lipinski definition) is 1. The number of alkyl carbamates (subject to hydrolysis) is 1. The first kappa shape index (κ1) is 18.7. The highest BCUT2D eigenvalue weighted by atomic mass is 35.5. The number of benzene rings is 1. The van der Waals surface area contributed by atoms with E-state index in [2.05, 4.69) is 22.3 Å².